The highest BCUT2D eigenvalue weighted by Crippen LogP contribution is 2.63. The first kappa shape index (κ1) is 50.9. The molecule has 0 bridgehead atoms. The molecule has 6 heteroatoms. The van der Waals surface area contributed by atoms with E-state index in [1.807, 2.05) is 11.3 Å². The first-order valence-electron chi connectivity index (χ1n) is 30.9. The van der Waals surface area contributed by atoms with Gasteiger partial charge < -0.3 is 19.1 Å². The lowest BCUT2D eigenvalue weighted by molar-refractivity contribution is 0.195. The number of furan rings is 1. The average Bonchev–Trinajstić information content (AvgIpc) is 1.41. The Labute approximate surface area is 490 Å². The second-order valence-electron chi connectivity index (χ2n) is 30.1. The van der Waals surface area contributed by atoms with E-state index in [9.17, 15) is 0 Å². The fraction of sp³-hybridized carbons (Fsp3) is 0.368. The number of thiophene rings is 1. The maximum absolute atomic E-state index is 7.01. The lowest BCUT2D eigenvalue weighted by Crippen LogP contribution is -2.62. The van der Waals surface area contributed by atoms with Crippen molar-refractivity contribution in [1.29, 1.82) is 0 Å². The largest absolute Gasteiger partial charge is 0.456 e. The van der Waals surface area contributed by atoms with Crippen LogP contribution in [0.3, 0.4) is 0 Å². The van der Waals surface area contributed by atoms with E-state index >= 15 is 0 Å². The molecule has 2 unspecified atom stereocenters. The number of rotatable bonds is 3. The van der Waals surface area contributed by atoms with Gasteiger partial charge in [-0.2, -0.15) is 0 Å². The molecule has 4 nitrogen and oxygen atoms in total. The molecule has 2 aromatic heterocycles. The van der Waals surface area contributed by atoms with Crippen molar-refractivity contribution in [3.63, 3.8) is 0 Å². The second kappa shape index (κ2) is 16.5. The number of nitrogens with zero attached hydrogens (tertiary/aromatic N) is 3. The van der Waals surface area contributed by atoms with E-state index in [0.717, 1.165) is 47.6 Å². The molecule has 2 atom stereocenters. The molecule has 5 heterocycles. The third-order valence-corrected chi connectivity index (χ3v) is 23.6. The summed E-state index contributed by atoms with van der Waals surface area (Å²) < 4.78 is 9.63. The Kier molecular flexibility index (Phi) is 10.3. The maximum atomic E-state index is 7.01. The fourth-order valence-corrected chi connectivity index (χ4v) is 18.3. The van der Waals surface area contributed by atoms with Crippen molar-refractivity contribution in [1.82, 2.24) is 0 Å². The van der Waals surface area contributed by atoms with Crippen LogP contribution in [0.15, 0.2) is 144 Å². The number of fused-ring (bicyclic) bond motifs is 15. The summed E-state index contributed by atoms with van der Waals surface area (Å²) in [5.74, 6) is 0. The molecular weight excluding hydrogens is 1010 g/mol. The molecule has 412 valence electrons. The molecule has 10 aromatic rings. The Balaban J connectivity index is 1.09. The molecule has 1 saturated carbocycles. The summed E-state index contributed by atoms with van der Waals surface area (Å²) in [7, 11) is 0. The van der Waals surface area contributed by atoms with Gasteiger partial charge in [0.05, 0.1) is 11.2 Å². The molecule has 0 spiro atoms. The van der Waals surface area contributed by atoms with Gasteiger partial charge in [0.1, 0.15) is 11.2 Å². The van der Waals surface area contributed by atoms with Gasteiger partial charge in [0, 0.05) is 76.2 Å². The van der Waals surface area contributed by atoms with Crippen molar-refractivity contribution >= 4 is 122 Å². The topological polar surface area (TPSA) is 22.9 Å². The summed E-state index contributed by atoms with van der Waals surface area (Å²) in [6.07, 6.45) is 9.37. The number of hydrogen-bond acceptors (Lipinski definition) is 5. The van der Waals surface area contributed by atoms with E-state index in [0.29, 0.717) is 0 Å². The quantitative estimate of drug-likeness (QED) is 0.165. The predicted molar refractivity (Wildman–Crippen MR) is 353 cm³/mol. The van der Waals surface area contributed by atoms with Crippen LogP contribution in [-0.4, -0.2) is 12.3 Å². The Morgan fingerprint density at radius 2 is 1.06 bits per heavy atom. The minimum atomic E-state index is -0.180. The zero-order valence-electron chi connectivity index (χ0n) is 50.7. The maximum Gasteiger partial charge on any atom is 0.252 e. The summed E-state index contributed by atoms with van der Waals surface area (Å²) in [6, 6.07) is 55.8. The van der Waals surface area contributed by atoms with Crippen LogP contribution in [-0.2, 0) is 32.5 Å². The summed E-state index contributed by atoms with van der Waals surface area (Å²) in [4.78, 5) is 8.37. The van der Waals surface area contributed by atoms with Crippen LogP contribution in [0.2, 0.25) is 0 Å². The van der Waals surface area contributed by atoms with Gasteiger partial charge in [-0.3, -0.25) is 0 Å². The summed E-state index contributed by atoms with van der Waals surface area (Å²) in [5.41, 5.74) is 24.8. The van der Waals surface area contributed by atoms with Crippen LogP contribution >= 0.6 is 11.3 Å². The predicted octanol–water partition coefficient (Wildman–Crippen LogP) is 19.8. The van der Waals surface area contributed by atoms with Gasteiger partial charge in [-0.25, -0.2) is 0 Å². The molecule has 0 N–H and O–H groups in total. The third kappa shape index (κ3) is 6.79. The Morgan fingerprint density at radius 3 is 1.80 bits per heavy atom. The molecule has 3 aliphatic heterocycles. The number of anilines is 8. The van der Waals surface area contributed by atoms with Crippen LogP contribution in [0.4, 0.5) is 45.5 Å². The molecule has 0 radical (unpaired) electrons. The van der Waals surface area contributed by atoms with Crippen molar-refractivity contribution in [3.05, 3.63) is 173 Å². The summed E-state index contributed by atoms with van der Waals surface area (Å²) in [5, 5.41) is 4.92. The zero-order valence-corrected chi connectivity index (χ0v) is 51.5. The van der Waals surface area contributed by atoms with Crippen molar-refractivity contribution in [2.45, 2.75) is 179 Å². The highest BCUT2D eigenvalue weighted by Gasteiger charge is 2.59. The van der Waals surface area contributed by atoms with Gasteiger partial charge in [-0.05, 0) is 195 Å². The molecule has 8 aromatic carbocycles. The van der Waals surface area contributed by atoms with E-state index in [1.54, 1.807) is 0 Å². The first-order chi connectivity index (χ1) is 39.0. The average molecular weight is 1090 g/mol. The van der Waals surface area contributed by atoms with Crippen LogP contribution < -0.4 is 31.1 Å². The number of benzene rings is 8. The molecule has 0 saturated heterocycles. The van der Waals surface area contributed by atoms with E-state index in [-0.39, 0.29) is 44.7 Å². The monoisotopic (exact) mass is 1090 g/mol. The minimum Gasteiger partial charge on any atom is -0.456 e. The lowest BCUT2D eigenvalue weighted by atomic mass is 9.33. The van der Waals surface area contributed by atoms with E-state index in [4.69, 9.17) is 4.42 Å². The summed E-state index contributed by atoms with van der Waals surface area (Å²) in [6.45, 7) is 32.2. The fourth-order valence-electron chi connectivity index (χ4n) is 17.2. The van der Waals surface area contributed by atoms with E-state index in [2.05, 4.69) is 244 Å². The van der Waals surface area contributed by atoms with E-state index in [1.165, 1.54) is 141 Å². The van der Waals surface area contributed by atoms with E-state index < -0.39 is 0 Å². The standard InChI is InChI=1S/C76H78BN3OS/c1-70(2,3)45-27-30-58-55(37-45)75(12)31-18-19-32-76(75,13)80(58)47-39-62-69-63(40-47)79(59-23-20-26-67-68(59)49-22-15-17-25-66(49)82-67)60-41-50-48-21-14-16-24-64(48)81-65(50)44-57(60)77(69)56-42-53-54(74(10,11)36-35-73(53,8)9)43-61(56)78(62)46-28-29-51-52(38-46)72(6,7)34-33-71(51,4)5/h14-17,20-30,37-44H,18-19,31-36H2,1-13H3. The van der Waals surface area contributed by atoms with Crippen LogP contribution in [0, 0.1) is 0 Å². The molecule has 0 amide bonds. The summed E-state index contributed by atoms with van der Waals surface area (Å²) >= 11 is 1.91. The van der Waals surface area contributed by atoms with Gasteiger partial charge >= 0.3 is 0 Å². The Morgan fingerprint density at radius 1 is 0.439 bits per heavy atom. The molecule has 82 heavy (non-hydrogen) atoms. The Hall–Kier alpha value is -6.76. The van der Waals surface area contributed by atoms with Crippen LogP contribution in [0.1, 0.15) is 175 Å². The van der Waals surface area contributed by atoms with Crippen molar-refractivity contribution in [3.8, 4) is 0 Å². The van der Waals surface area contributed by atoms with Gasteiger partial charge in [0.2, 0.25) is 0 Å². The van der Waals surface area contributed by atoms with Gasteiger partial charge in [-0.1, -0.05) is 163 Å². The van der Waals surface area contributed by atoms with Gasteiger partial charge in [0.15, 0.2) is 0 Å². The highest BCUT2D eigenvalue weighted by atomic mass is 32.1. The molecule has 3 aliphatic carbocycles. The number of hydrogen-bond donors (Lipinski definition) is 0. The normalized spacial score (nSPS) is 22.5. The smallest absolute Gasteiger partial charge is 0.252 e. The minimum absolute atomic E-state index is 0.000925. The first-order valence-corrected chi connectivity index (χ1v) is 31.7. The molecular formula is C76H78BN3OS. The molecule has 16 rings (SSSR count). The van der Waals surface area contributed by atoms with Crippen molar-refractivity contribution in [2.75, 3.05) is 14.7 Å². The Bertz CT molecular complexity index is 4430. The lowest BCUT2D eigenvalue weighted by Gasteiger charge is -2.51. The van der Waals surface area contributed by atoms with Crippen molar-refractivity contribution in [2.24, 2.45) is 0 Å². The van der Waals surface area contributed by atoms with Crippen LogP contribution in [0.5, 0.6) is 0 Å². The van der Waals surface area contributed by atoms with Gasteiger partial charge in [0.25, 0.3) is 6.71 Å². The molecule has 1 fully saturated rings. The number of para-hydroxylation sites is 1. The highest BCUT2D eigenvalue weighted by molar-refractivity contribution is 7.26. The second-order valence-corrected chi connectivity index (χ2v) is 31.2. The van der Waals surface area contributed by atoms with Gasteiger partial charge in [-0.15, -0.1) is 11.3 Å². The third-order valence-electron chi connectivity index (χ3n) is 22.5. The SMILES string of the molecule is CC(C)(C)c1ccc2c(c1)C1(C)CCCCC1(C)N2c1cc2c3c(c1)N(c1cccc4sc5ccccc5c14)c1cc4c(cc1B3c1cc3c(cc1N2c1ccc2c(c1)C(C)(C)CCC2(C)C)C(C)(C)CCC3(C)C)oc1ccccc14. The van der Waals surface area contributed by atoms with Crippen molar-refractivity contribution < 1.29 is 4.42 Å². The van der Waals surface area contributed by atoms with Crippen LogP contribution in [0.25, 0.3) is 42.1 Å². The zero-order chi connectivity index (χ0) is 56.6. The molecule has 6 aliphatic rings.